The predicted molar refractivity (Wildman–Crippen MR) is 84.3 cm³/mol. The molecule has 2 heteroatoms. The Kier molecular flexibility index (Phi) is 4.23. The summed E-state index contributed by atoms with van der Waals surface area (Å²) in [6.45, 7) is 8.10. The fraction of sp³-hybridized carbons (Fsp3) is 0.278. The number of hydrogen-bond donors (Lipinski definition) is 0. The molecule has 0 atom stereocenters. The summed E-state index contributed by atoms with van der Waals surface area (Å²) >= 11 is 0. The number of carbonyl (C=O) groups is 1. The van der Waals surface area contributed by atoms with Gasteiger partial charge in [-0.05, 0) is 51.0 Å². The van der Waals surface area contributed by atoms with E-state index >= 15 is 0 Å². The molecule has 0 heterocycles. The van der Waals surface area contributed by atoms with E-state index in [0.717, 1.165) is 22.4 Å². The quantitative estimate of drug-likeness (QED) is 0.809. The molecule has 0 aliphatic heterocycles. The van der Waals surface area contributed by atoms with Crippen LogP contribution in [-0.2, 0) is 0 Å². The summed E-state index contributed by atoms with van der Waals surface area (Å²) in [5.41, 5.74) is 3.88. The van der Waals surface area contributed by atoms with Gasteiger partial charge in [0.25, 0.3) is 5.91 Å². The fourth-order valence-electron chi connectivity index (χ4n) is 2.40. The van der Waals surface area contributed by atoms with E-state index in [2.05, 4.69) is 0 Å². The number of nitrogens with zero attached hydrogens (tertiary/aromatic N) is 1. The van der Waals surface area contributed by atoms with E-state index in [0.29, 0.717) is 0 Å². The average molecular weight is 267 g/mol. The molecule has 0 spiro atoms. The van der Waals surface area contributed by atoms with Crippen LogP contribution in [0.4, 0.5) is 5.69 Å². The third kappa shape index (κ3) is 2.74. The molecule has 2 rings (SSSR count). The molecular formula is C18H21NO. The molecule has 0 radical (unpaired) electrons. The zero-order valence-electron chi connectivity index (χ0n) is 12.6. The molecule has 0 bridgehead atoms. The Bertz CT molecular complexity index is 616. The van der Waals surface area contributed by atoms with Gasteiger partial charge in [0.15, 0.2) is 0 Å². The fourth-order valence-corrected chi connectivity index (χ4v) is 2.40. The van der Waals surface area contributed by atoms with E-state index in [9.17, 15) is 4.79 Å². The minimum absolute atomic E-state index is 0.0624. The maximum absolute atomic E-state index is 12.9. The number of rotatable bonds is 3. The van der Waals surface area contributed by atoms with Gasteiger partial charge in [-0.3, -0.25) is 4.79 Å². The van der Waals surface area contributed by atoms with Crippen molar-refractivity contribution in [1.82, 2.24) is 0 Å². The van der Waals surface area contributed by atoms with Gasteiger partial charge in [-0.2, -0.15) is 0 Å². The first-order valence-electron chi connectivity index (χ1n) is 6.97. The zero-order chi connectivity index (χ0) is 14.7. The molecule has 1 amide bonds. The highest BCUT2D eigenvalue weighted by Crippen LogP contribution is 2.24. The van der Waals surface area contributed by atoms with Crippen LogP contribution in [0.1, 0.15) is 35.3 Å². The SMILES string of the molecule is Cc1ccccc1C(=O)N(c1ccccc1C)C(C)C. The van der Waals surface area contributed by atoms with Gasteiger partial charge in [0.05, 0.1) is 0 Å². The normalized spacial score (nSPS) is 10.7. The third-order valence-electron chi connectivity index (χ3n) is 3.49. The van der Waals surface area contributed by atoms with Crippen molar-refractivity contribution in [2.75, 3.05) is 4.90 Å². The van der Waals surface area contributed by atoms with Gasteiger partial charge >= 0.3 is 0 Å². The largest absolute Gasteiger partial charge is 0.306 e. The van der Waals surface area contributed by atoms with Gasteiger partial charge in [0, 0.05) is 17.3 Å². The van der Waals surface area contributed by atoms with Crippen molar-refractivity contribution in [3.05, 3.63) is 65.2 Å². The minimum atomic E-state index is 0.0624. The molecule has 2 nitrogen and oxygen atoms in total. The summed E-state index contributed by atoms with van der Waals surface area (Å²) in [6, 6.07) is 15.9. The third-order valence-corrected chi connectivity index (χ3v) is 3.49. The highest BCUT2D eigenvalue weighted by Gasteiger charge is 2.22. The van der Waals surface area contributed by atoms with E-state index in [-0.39, 0.29) is 11.9 Å². The number of aryl methyl sites for hydroxylation is 2. The van der Waals surface area contributed by atoms with Crippen molar-refractivity contribution in [3.63, 3.8) is 0 Å². The number of carbonyl (C=O) groups excluding carboxylic acids is 1. The second-order valence-electron chi connectivity index (χ2n) is 5.37. The Labute approximate surface area is 121 Å². The summed E-state index contributed by atoms with van der Waals surface area (Å²) in [4.78, 5) is 14.8. The highest BCUT2D eigenvalue weighted by molar-refractivity contribution is 6.07. The molecule has 20 heavy (non-hydrogen) atoms. The molecule has 0 saturated heterocycles. The summed E-state index contributed by atoms with van der Waals surface area (Å²) < 4.78 is 0. The Balaban J connectivity index is 2.48. The Hall–Kier alpha value is -2.09. The van der Waals surface area contributed by atoms with Crippen molar-refractivity contribution in [2.45, 2.75) is 33.7 Å². The summed E-state index contributed by atoms with van der Waals surface area (Å²) in [5.74, 6) is 0.0624. The second kappa shape index (κ2) is 5.91. The first-order valence-corrected chi connectivity index (χ1v) is 6.97. The number of amides is 1. The molecule has 0 aliphatic carbocycles. The predicted octanol–water partition coefficient (Wildman–Crippen LogP) is 4.36. The molecule has 0 aromatic heterocycles. The van der Waals surface area contributed by atoms with E-state index in [1.165, 1.54) is 0 Å². The first-order chi connectivity index (χ1) is 9.52. The summed E-state index contributed by atoms with van der Waals surface area (Å²) in [6.07, 6.45) is 0. The minimum Gasteiger partial charge on any atom is -0.306 e. The van der Waals surface area contributed by atoms with Crippen molar-refractivity contribution >= 4 is 11.6 Å². The van der Waals surface area contributed by atoms with Crippen LogP contribution in [0, 0.1) is 13.8 Å². The van der Waals surface area contributed by atoms with Crippen LogP contribution in [0.2, 0.25) is 0 Å². The lowest BCUT2D eigenvalue weighted by Crippen LogP contribution is -2.37. The van der Waals surface area contributed by atoms with Crippen molar-refractivity contribution in [1.29, 1.82) is 0 Å². The van der Waals surface area contributed by atoms with E-state index in [4.69, 9.17) is 0 Å². The molecule has 0 N–H and O–H groups in total. The maximum Gasteiger partial charge on any atom is 0.258 e. The molecule has 2 aromatic carbocycles. The van der Waals surface area contributed by atoms with Crippen LogP contribution in [0.3, 0.4) is 0 Å². The van der Waals surface area contributed by atoms with Crippen molar-refractivity contribution < 1.29 is 4.79 Å². The summed E-state index contributed by atoms with van der Waals surface area (Å²) in [5, 5.41) is 0. The number of anilines is 1. The van der Waals surface area contributed by atoms with E-state index in [1.54, 1.807) is 0 Å². The molecule has 0 saturated carbocycles. The summed E-state index contributed by atoms with van der Waals surface area (Å²) in [7, 11) is 0. The van der Waals surface area contributed by atoms with Crippen LogP contribution < -0.4 is 4.90 Å². The number of para-hydroxylation sites is 1. The van der Waals surface area contributed by atoms with Crippen LogP contribution in [0.25, 0.3) is 0 Å². The topological polar surface area (TPSA) is 20.3 Å². The lowest BCUT2D eigenvalue weighted by molar-refractivity contribution is 0.0979. The Morgan fingerprint density at radius 2 is 1.45 bits per heavy atom. The zero-order valence-corrected chi connectivity index (χ0v) is 12.6. The van der Waals surface area contributed by atoms with Crippen molar-refractivity contribution in [2.24, 2.45) is 0 Å². The van der Waals surface area contributed by atoms with Crippen molar-refractivity contribution in [3.8, 4) is 0 Å². The second-order valence-corrected chi connectivity index (χ2v) is 5.37. The molecular weight excluding hydrogens is 246 g/mol. The van der Waals surface area contributed by atoms with Crippen LogP contribution >= 0.6 is 0 Å². The maximum atomic E-state index is 12.9. The van der Waals surface area contributed by atoms with Gasteiger partial charge < -0.3 is 4.90 Å². The number of hydrogen-bond acceptors (Lipinski definition) is 1. The molecule has 0 fully saturated rings. The van der Waals surface area contributed by atoms with E-state index in [1.807, 2.05) is 81.1 Å². The monoisotopic (exact) mass is 267 g/mol. The lowest BCUT2D eigenvalue weighted by atomic mass is 10.1. The standard InChI is InChI=1S/C18H21NO/c1-13(2)19(17-12-8-6-10-15(17)4)18(20)16-11-7-5-9-14(16)3/h5-13H,1-4H3. The van der Waals surface area contributed by atoms with Gasteiger partial charge in [0.2, 0.25) is 0 Å². The lowest BCUT2D eigenvalue weighted by Gasteiger charge is -2.29. The van der Waals surface area contributed by atoms with Crippen LogP contribution in [0.15, 0.2) is 48.5 Å². The van der Waals surface area contributed by atoms with Gasteiger partial charge in [0.1, 0.15) is 0 Å². The first kappa shape index (κ1) is 14.3. The van der Waals surface area contributed by atoms with Crippen LogP contribution in [0.5, 0.6) is 0 Å². The van der Waals surface area contributed by atoms with Crippen LogP contribution in [-0.4, -0.2) is 11.9 Å². The molecule has 0 unspecified atom stereocenters. The van der Waals surface area contributed by atoms with Gasteiger partial charge in [-0.1, -0.05) is 36.4 Å². The van der Waals surface area contributed by atoms with Gasteiger partial charge in [-0.15, -0.1) is 0 Å². The van der Waals surface area contributed by atoms with E-state index < -0.39 is 0 Å². The molecule has 2 aromatic rings. The molecule has 0 aliphatic rings. The molecule has 104 valence electrons. The number of benzene rings is 2. The average Bonchev–Trinajstić information content (AvgIpc) is 2.41. The Morgan fingerprint density at radius 3 is 2.00 bits per heavy atom. The smallest absolute Gasteiger partial charge is 0.258 e. The Morgan fingerprint density at radius 1 is 0.900 bits per heavy atom. The highest BCUT2D eigenvalue weighted by atomic mass is 16.2. The van der Waals surface area contributed by atoms with Gasteiger partial charge in [-0.25, -0.2) is 0 Å².